The molecule has 0 aromatic carbocycles. The zero-order valence-electron chi connectivity index (χ0n) is 43.8. The Morgan fingerprint density at radius 2 is 0.766 bits per heavy atom. The average molecular weight is 929 g/mol. The minimum Gasteiger partial charge on any atom is -0.756 e. The van der Waals surface area contributed by atoms with Crippen LogP contribution in [0, 0.1) is 0 Å². The van der Waals surface area contributed by atoms with E-state index in [0.717, 1.165) is 51.4 Å². The molecule has 1 amide bonds. The molecule has 0 aliphatic rings. The molecule has 0 bridgehead atoms. The lowest BCUT2D eigenvalue weighted by Crippen LogP contribution is -2.46. The van der Waals surface area contributed by atoms with Crippen LogP contribution in [-0.2, 0) is 18.4 Å². The van der Waals surface area contributed by atoms with Gasteiger partial charge in [0, 0.05) is 6.42 Å². The number of aliphatic hydroxyl groups is 1. The number of amides is 1. The Hall–Kier alpha value is -0.500. The van der Waals surface area contributed by atoms with Gasteiger partial charge in [-0.3, -0.25) is 9.36 Å². The molecule has 0 radical (unpaired) electrons. The highest BCUT2D eigenvalue weighted by Gasteiger charge is 2.24. The van der Waals surface area contributed by atoms with Crippen molar-refractivity contribution in [3.63, 3.8) is 0 Å². The molecule has 9 heteroatoms. The van der Waals surface area contributed by atoms with Gasteiger partial charge in [-0.05, 0) is 12.8 Å². The van der Waals surface area contributed by atoms with E-state index in [1.807, 2.05) is 21.1 Å². The first-order valence-corrected chi connectivity index (χ1v) is 29.8. The second-order valence-corrected chi connectivity index (χ2v) is 22.4. The summed E-state index contributed by atoms with van der Waals surface area (Å²) in [6, 6.07) is -0.791. The summed E-state index contributed by atoms with van der Waals surface area (Å²) in [6.45, 7) is 4.66. The Morgan fingerprint density at radius 1 is 0.484 bits per heavy atom. The van der Waals surface area contributed by atoms with Crippen molar-refractivity contribution in [1.29, 1.82) is 0 Å². The van der Waals surface area contributed by atoms with E-state index in [1.54, 1.807) is 0 Å². The molecule has 0 aromatic rings. The minimum absolute atomic E-state index is 0.0149. The van der Waals surface area contributed by atoms with E-state index in [1.165, 1.54) is 218 Å². The fraction of sp³-hybridized carbons (Fsp3) is 0.982. The maximum absolute atomic E-state index is 12.8. The number of nitrogens with one attached hydrogen (secondary N) is 1. The summed E-state index contributed by atoms with van der Waals surface area (Å²) < 4.78 is 23.1. The van der Waals surface area contributed by atoms with E-state index < -0.39 is 20.0 Å². The number of carbonyl (C=O) groups excluding carboxylic acids is 1. The molecule has 0 aliphatic heterocycles. The van der Waals surface area contributed by atoms with Crippen LogP contribution in [0.25, 0.3) is 0 Å². The zero-order chi connectivity index (χ0) is 47.1. The van der Waals surface area contributed by atoms with E-state index in [0.29, 0.717) is 23.9 Å². The van der Waals surface area contributed by atoms with Crippen LogP contribution in [-0.4, -0.2) is 68.5 Å². The number of phosphoric acid groups is 1. The highest BCUT2D eigenvalue weighted by Crippen LogP contribution is 2.38. The molecule has 64 heavy (non-hydrogen) atoms. The standard InChI is InChI=1S/C55H113N2O6P/c1-6-8-10-12-13-14-15-16-17-18-19-20-21-22-23-24-25-26-27-28-29-30-31-32-33-34-35-36-37-38-39-40-41-42-43-45-47-49-55(59)56-53(54(58)48-46-44-11-9-7-2)52-63-64(60,61)62-51-50-57(3,4)5/h53-54,58H,6-52H2,1-5H3,(H-,56,59,60,61). The molecule has 0 saturated heterocycles. The normalized spacial score (nSPS) is 13.9. The van der Waals surface area contributed by atoms with Crippen molar-refractivity contribution in [2.24, 2.45) is 0 Å². The maximum atomic E-state index is 12.8. The Morgan fingerprint density at radius 3 is 1.06 bits per heavy atom. The third kappa shape index (κ3) is 49.4. The van der Waals surface area contributed by atoms with Crippen molar-refractivity contribution < 1.29 is 32.9 Å². The average Bonchev–Trinajstić information content (AvgIpc) is 3.25. The van der Waals surface area contributed by atoms with Crippen LogP contribution in [0.3, 0.4) is 0 Å². The summed E-state index contributed by atoms with van der Waals surface area (Å²) in [5.74, 6) is -0.165. The Kier molecular flexibility index (Phi) is 47.2. The van der Waals surface area contributed by atoms with Gasteiger partial charge in [-0.2, -0.15) is 0 Å². The van der Waals surface area contributed by atoms with Crippen molar-refractivity contribution in [2.75, 3.05) is 40.9 Å². The van der Waals surface area contributed by atoms with E-state index in [2.05, 4.69) is 19.2 Å². The number of hydrogen-bond acceptors (Lipinski definition) is 6. The lowest BCUT2D eigenvalue weighted by molar-refractivity contribution is -0.870. The molecule has 0 spiro atoms. The van der Waals surface area contributed by atoms with Gasteiger partial charge in [0.15, 0.2) is 0 Å². The molecule has 0 rings (SSSR count). The van der Waals surface area contributed by atoms with Gasteiger partial charge in [0.05, 0.1) is 39.9 Å². The first-order chi connectivity index (χ1) is 31.0. The monoisotopic (exact) mass is 929 g/mol. The summed E-state index contributed by atoms with van der Waals surface area (Å²) in [6.07, 6.45) is 56.6. The number of nitrogens with zero attached hydrogens (tertiary/aromatic N) is 1. The van der Waals surface area contributed by atoms with E-state index in [-0.39, 0.29) is 19.1 Å². The Labute approximate surface area is 399 Å². The number of unbranched alkanes of at least 4 members (excludes halogenated alkanes) is 40. The van der Waals surface area contributed by atoms with Crippen LogP contribution >= 0.6 is 7.82 Å². The summed E-state index contributed by atoms with van der Waals surface area (Å²) in [4.78, 5) is 25.2. The van der Waals surface area contributed by atoms with Crippen LogP contribution in [0.1, 0.15) is 296 Å². The van der Waals surface area contributed by atoms with Gasteiger partial charge in [-0.1, -0.05) is 277 Å². The highest BCUT2D eigenvalue weighted by atomic mass is 31.2. The van der Waals surface area contributed by atoms with Crippen molar-refractivity contribution >= 4 is 13.7 Å². The Bertz CT molecular complexity index is 1010. The predicted octanol–water partition coefficient (Wildman–Crippen LogP) is 16.2. The van der Waals surface area contributed by atoms with Crippen molar-refractivity contribution in [1.82, 2.24) is 5.32 Å². The number of quaternary nitrogens is 1. The van der Waals surface area contributed by atoms with Gasteiger partial charge in [0.1, 0.15) is 13.2 Å². The lowest BCUT2D eigenvalue weighted by Gasteiger charge is -2.30. The van der Waals surface area contributed by atoms with Crippen molar-refractivity contribution in [3.8, 4) is 0 Å². The van der Waals surface area contributed by atoms with Gasteiger partial charge in [-0.15, -0.1) is 0 Å². The summed E-state index contributed by atoms with van der Waals surface area (Å²) in [5.41, 5.74) is 0. The third-order valence-electron chi connectivity index (χ3n) is 13.3. The second-order valence-electron chi connectivity index (χ2n) is 21.0. The van der Waals surface area contributed by atoms with Gasteiger partial charge in [0.25, 0.3) is 7.82 Å². The number of carbonyl (C=O) groups is 1. The fourth-order valence-electron chi connectivity index (χ4n) is 8.87. The quantitative estimate of drug-likeness (QED) is 0.0357. The van der Waals surface area contributed by atoms with Crippen molar-refractivity contribution in [3.05, 3.63) is 0 Å². The van der Waals surface area contributed by atoms with Crippen LogP contribution < -0.4 is 10.2 Å². The highest BCUT2D eigenvalue weighted by molar-refractivity contribution is 7.45. The van der Waals surface area contributed by atoms with Crippen LogP contribution in [0.5, 0.6) is 0 Å². The largest absolute Gasteiger partial charge is 0.756 e. The van der Waals surface area contributed by atoms with E-state index in [4.69, 9.17) is 9.05 Å². The lowest BCUT2D eigenvalue weighted by atomic mass is 10.0. The van der Waals surface area contributed by atoms with E-state index >= 15 is 0 Å². The number of phosphoric ester groups is 1. The summed E-state index contributed by atoms with van der Waals surface area (Å²) in [7, 11) is 1.31. The number of likely N-dealkylation sites (N-methyl/N-ethyl adjacent to an activating group) is 1. The molecular formula is C55H113N2O6P. The van der Waals surface area contributed by atoms with Gasteiger partial charge < -0.3 is 28.8 Å². The Balaban J connectivity index is 3.64. The van der Waals surface area contributed by atoms with Crippen LogP contribution in [0.4, 0.5) is 0 Å². The summed E-state index contributed by atoms with van der Waals surface area (Å²) in [5, 5.41) is 13.7. The van der Waals surface area contributed by atoms with Gasteiger partial charge in [0.2, 0.25) is 5.91 Å². The molecule has 384 valence electrons. The van der Waals surface area contributed by atoms with Crippen LogP contribution in [0.2, 0.25) is 0 Å². The molecular weight excluding hydrogens is 816 g/mol. The fourth-order valence-corrected chi connectivity index (χ4v) is 9.59. The molecule has 0 aliphatic carbocycles. The van der Waals surface area contributed by atoms with Gasteiger partial charge in [-0.25, -0.2) is 0 Å². The van der Waals surface area contributed by atoms with Crippen LogP contribution in [0.15, 0.2) is 0 Å². The molecule has 0 fully saturated rings. The predicted molar refractivity (Wildman–Crippen MR) is 275 cm³/mol. The van der Waals surface area contributed by atoms with E-state index in [9.17, 15) is 19.4 Å². The molecule has 0 aromatic heterocycles. The third-order valence-corrected chi connectivity index (χ3v) is 14.3. The molecule has 3 unspecified atom stereocenters. The zero-order valence-corrected chi connectivity index (χ0v) is 44.7. The summed E-state index contributed by atoms with van der Waals surface area (Å²) >= 11 is 0. The molecule has 3 atom stereocenters. The molecule has 0 saturated carbocycles. The SMILES string of the molecule is CCCCCCCCCCCCCCCCCCCCCCCCCCCCCCCCCCCCCCCC(=O)NC(COP(=O)([O-])OCC[N+](C)(C)C)C(O)CCCCCCC. The number of rotatable bonds is 53. The first kappa shape index (κ1) is 63.5. The smallest absolute Gasteiger partial charge is 0.268 e. The topological polar surface area (TPSA) is 108 Å². The number of hydrogen-bond donors (Lipinski definition) is 2. The maximum Gasteiger partial charge on any atom is 0.268 e. The van der Waals surface area contributed by atoms with Crippen molar-refractivity contribution in [2.45, 2.75) is 309 Å². The minimum atomic E-state index is -4.55. The number of aliphatic hydroxyl groups excluding tert-OH is 1. The molecule has 2 N–H and O–H groups in total. The van der Waals surface area contributed by atoms with Gasteiger partial charge >= 0.3 is 0 Å². The second kappa shape index (κ2) is 47.6. The molecule has 0 heterocycles. The molecule has 8 nitrogen and oxygen atoms in total. The first-order valence-electron chi connectivity index (χ1n) is 28.4.